The minimum Gasteiger partial charge on any atom is -0.508 e. The van der Waals surface area contributed by atoms with Gasteiger partial charge in [0.2, 0.25) is 0 Å². The Hall–Kier alpha value is -1.98. The molecular formula is C16H18O5. The number of rotatable bonds is 1. The topological polar surface area (TPSA) is 90.2 Å². The van der Waals surface area contributed by atoms with Crippen LogP contribution in [0, 0.1) is 5.92 Å². The standard InChI is InChI=1S/C16H18O5/c1-8-4-10(17)6-15-11(8)7-14(20)16(21-15)9-2-3-12(18)13(19)5-9/h2-6,11,14-20H,7H2,1H3/t11?,14-,15?,16+/m0/s1. The molecule has 0 amide bonds. The largest absolute Gasteiger partial charge is 0.508 e. The van der Waals surface area contributed by atoms with Gasteiger partial charge in [0.05, 0.1) is 12.2 Å². The molecule has 1 aliphatic carbocycles. The first-order valence-electron chi connectivity index (χ1n) is 6.90. The third-order valence-corrected chi connectivity index (χ3v) is 4.17. The Morgan fingerprint density at radius 2 is 1.90 bits per heavy atom. The summed E-state index contributed by atoms with van der Waals surface area (Å²) in [6.45, 7) is 1.91. The third kappa shape index (κ3) is 2.50. The zero-order valence-electron chi connectivity index (χ0n) is 11.6. The van der Waals surface area contributed by atoms with Crippen LogP contribution in [0.25, 0.3) is 0 Å². The first-order chi connectivity index (χ1) is 9.95. The lowest BCUT2D eigenvalue weighted by molar-refractivity contribution is -0.124. The Bertz CT molecular complexity index is 619. The molecule has 5 nitrogen and oxygen atoms in total. The van der Waals surface area contributed by atoms with Crippen molar-refractivity contribution in [3.63, 3.8) is 0 Å². The molecule has 3 rings (SSSR count). The van der Waals surface area contributed by atoms with Gasteiger partial charge in [-0.05, 0) is 43.2 Å². The number of aliphatic hydroxyl groups is 2. The highest BCUT2D eigenvalue weighted by Crippen LogP contribution is 2.42. The number of ether oxygens (including phenoxy) is 1. The molecule has 4 N–H and O–H groups in total. The molecule has 112 valence electrons. The molecule has 1 aromatic rings. The minimum atomic E-state index is -0.716. The van der Waals surface area contributed by atoms with Gasteiger partial charge in [-0.1, -0.05) is 11.6 Å². The monoisotopic (exact) mass is 290 g/mol. The van der Waals surface area contributed by atoms with Crippen LogP contribution in [0.2, 0.25) is 0 Å². The van der Waals surface area contributed by atoms with E-state index in [1.54, 1.807) is 18.2 Å². The zero-order chi connectivity index (χ0) is 15.1. The van der Waals surface area contributed by atoms with Crippen LogP contribution in [0.3, 0.4) is 0 Å². The normalized spacial score (nSPS) is 32.1. The molecule has 1 fully saturated rings. The maximum atomic E-state index is 10.3. The van der Waals surface area contributed by atoms with Crippen molar-refractivity contribution >= 4 is 0 Å². The molecule has 1 aliphatic heterocycles. The van der Waals surface area contributed by atoms with Gasteiger partial charge in [0, 0.05) is 5.92 Å². The number of allylic oxidation sites excluding steroid dienone is 1. The van der Waals surface area contributed by atoms with Gasteiger partial charge in [-0.25, -0.2) is 0 Å². The van der Waals surface area contributed by atoms with Crippen molar-refractivity contribution in [2.24, 2.45) is 5.92 Å². The molecule has 1 saturated heterocycles. The zero-order valence-corrected chi connectivity index (χ0v) is 11.6. The predicted octanol–water partition coefficient (Wildman–Crippen LogP) is 2.31. The van der Waals surface area contributed by atoms with Gasteiger partial charge in [0.1, 0.15) is 11.9 Å². The predicted molar refractivity (Wildman–Crippen MR) is 76.0 cm³/mol. The maximum absolute atomic E-state index is 10.3. The average molecular weight is 290 g/mol. The molecule has 0 bridgehead atoms. The Kier molecular flexibility index (Phi) is 3.39. The van der Waals surface area contributed by atoms with Crippen LogP contribution in [-0.4, -0.2) is 32.6 Å². The molecular weight excluding hydrogens is 272 g/mol. The van der Waals surface area contributed by atoms with E-state index in [2.05, 4.69) is 0 Å². The Morgan fingerprint density at radius 3 is 2.62 bits per heavy atom. The molecule has 0 radical (unpaired) electrons. The minimum absolute atomic E-state index is 0.0397. The lowest BCUT2D eigenvalue weighted by atomic mass is 9.80. The summed E-state index contributed by atoms with van der Waals surface area (Å²) in [5, 5.41) is 39.0. The maximum Gasteiger partial charge on any atom is 0.157 e. The van der Waals surface area contributed by atoms with Crippen LogP contribution in [0.1, 0.15) is 25.0 Å². The molecule has 21 heavy (non-hydrogen) atoms. The lowest BCUT2D eigenvalue weighted by Gasteiger charge is -2.40. The van der Waals surface area contributed by atoms with E-state index in [-0.39, 0.29) is 29.3 Å². The summed E-state index contributed by atoms with van der Waals surface area (Å²) in [6.07, 6.45) is 2.21. The fourth-order valence-corrected chi connectivity index (χ4v) is 3.05. The number of fused-ring (bicyclic) bond motifs is 1. The van der Waals surface area contributed by atoms with Crippen LogP contribution in [0.5, 0.6) is 11.5 Å². The van der Waals surface area contributed by atoms with Gasteiger partial charge in [-0.3, -0.25) is 0 Å². The number of phenols is 2. The molecule has 0 aromatic heterocycles. The van der Waals surface area contributed by atoms with Crippen molar-refractivity contribution in [2.75, 3.05) is 0 Å². The van der Waals surface area contributed by atoms with E-state index in [1.807, 2.05) is 6.92 Å². The third-order valence-electron chi connectivity index (χ3n) is 4.17. The number of benzene rings is 1. The van der Waals surface area contributed by atoms with E-state index >= 15 is 0 Å². The summed E-state index contributed by atoms with van der Waals surface area (Å²) in [4.78, 5) is 0. The van der Waals surface area contributed by atoms with E-state index in [1.165, 1.54) is 12.1 Å². The second kappa shape index (κ2) is 5.09. The first kappa shape index (κ1) is 14.0. The van der Waals surface area contributed by atoms with Crippen molar-refractivity contribution in [1.82, 2.24) is 0 Å². The van der Waals surface area contributed by atoms with Gasteiger partial charge in [-0.2, -0.15) is 0 Å². The fraction of sp³-hybridized carbons (Fsp3) is 0.375. The Balaban J connectivity index is 1.88. The quantitative estimate of drug-likeness (QED) is 0.596. The molecule has 4 atom stereocenters. The van der Waals surface area contributed by atoms with Crippen molar-refractivity contribution in [1.29, 1.82) is 0 Å². The number of phenolic OH excluding ortho intramolecular Hbond substituents is 2. The highest BCUT2D eigenvalue weighted by molar-refractivity contribution is 5.42. The van der Waals surface area contributed by atoms with Crippen molar-refractivity contribution in [3.8, 4) is 11.5 Å². The molecule has 5 heteroatoms. The number of hydrogen-bond acceptors (Lipinski definition) is 5. The van der Waals surface area contributed by atoms with Crippen LogP contribution < -0.4 is 0 Å². The number of aromatic hydroxyl groups is 2. The fourth-order valence-electron chi connectivity index (χ4n) is 3.05. The van der Waals surface area contributed by atoms with Crippen molar-refractivity contribution < 1.29 is 25.2 Å². The second-order valence-corrected chi connectivity index (χ2v) is 5.66. The summed E-state index contributed by atoms with van der Waals surface area (Å²) in [6, 6.07) is 4.36. The molecule has 1 heterocycles. The van der Waals surface area contributed by atoms with E-state index in [0.29, 0.717) is 12.0 Å². The SMILES string of the molecule is CC1=CC(O)=CC2O[C@H](c3ccc(O)c(O)c3)[C@@H](O)CC12. The molecule has 2 aliphatic rings. The van der Waals surface area contributed by atoms with Crippen molar-refractivity contribution in [3.05, 3.63) is 47.2 Å². The van der Waals surface area contributed by atoms with E-state index in [0.717, 1.165) is 5.57 Å². The lowest BCUT2D eigenvalue weighted by Crippen LogP contribution is -2.40. The van der Waals surface area contributed by atoms with E-state index in [9.17, 15) is 20.4 Å². The Morgan fingerprint density at radius 1 is 1.14 bits per heavy atom. The van der Waals surface area contributed by atoms with Gasteiger partial charge >= 0.3 is 0 Å². The first-order valence-corrected chi connectivity index (χ1v) is 6.90. The van der Waals surface area contributed by atoms with Crippen LogP contribution in [-0.2, 0) is 4.74 Å². The van der Waals surface area contributed by atoms with Gasteiger partial charge in [0.25, 0.3) is 0 Å². The van der Waals surface area contributed by atoms with E-state index < -0.39 is 12.2 Å². The average Bonchev–Trinajstić information content (AvgIpc) is 2.42. The van der Waals surface area contributed by atoms with Crippen LogP contribution in [0.15, 0.2) is 41.7 Å². The van der Waals surface area contributed by atoms with Crippen molar-refractivity contribution in [2.45, 2.75) is 31.7 Å². The smallest absolute Gasteiger partial charge is 0.157 e. The molecule has 2 unspecified atom stereocenters. The van der Waals surface area contributed by atoms with Gasteiger partial charge in [0.15, 0.2) is 11.5 Å². The molecule has 0 saturated carbocycles. The summed E-state index contributed by atoms with van der Waals surface area (Å²) in [5.41, 5.74) is 1.57. The molecule has 1 aromatic carbocycles. The van der Waals surface area contributed by atoms with E-state index in [4.69, 9.17) is 4.74 Å². The Labute approximate surface area is 122 Å². The number of aliphatic hydroxyl groups excluding tert-OH is 2. The highest BCUT2D eigenvalue weighted by atomic mass is 16.5. The second-order valence-electron chi connectivity index (χ2n) is 5.66. The summed E-state index contributed by atoms with van der Waals surface area (Å²) >= 11 is 0. The van der Waals surface area contributed by atoms with Crippen LogP contribution in [0.4, 0.5) is 0 Å². The van der Waals surface area contributed by atoms with Gasteiger partial charge in [-0.15, -0.1) is 0 Å². The number of hydrogen-bond donors (Lipinski definition) is 4. The summed E-state index contributed by atoms with van der Waals surface area (Å²) < 4.78 is 5.90. The summed E-state index contributed by atoms with van der Waals surface area (Å²) in [7, 11) is 0. The van der Waals surface area contributed by atoms with Crippen LogP contribution >= 0.6 is 0 Å². The van der Waals surface area contributed by atoms with Gasteiger partial charge < -0.3 is 25.2 Å². The molecule has 0 spiro atoms. The summed E-state index contributed by atoms with van der Waals surface area (Å²) in [5.74, 6) is -0.255. The highest BCUT2D eigenvalue weighted by Gasteiger charge is 2.39.